The molecule has 0 spiro atoms. The van der Waals surface area contributed by atoms with Gasteiger partial charge in [-0.25, -0.2) is 0 Å². The van der Waals surface area contributed by atoms with Gasteiger partial charge in [0.2, 0.25) is 0 Å². The molecule has 0 aliphatic carbocycles. The van der Waals surface area contributed by atoms with Crippen molar-refractivity contribution in [3.8, 4) is 6.07 Å². The Kier molecular flexibility index (Phi) is 3.50. The van der Waals surface area contributed by atoms with Crippen molar-refractivity contribution in [3.63, 3.8) is 0 Å². The minimum absolute atomic E-state index is 0.570. The Labute approximate surface area is 102 Å². The molecule has 4 nitrogen and oxygen atoms in total. The average Bonchev–Trinajstić information content (AvgIpc) is 2.74. The third kappa shape index (κ3) is 2.69. The zero-order valence-corrected chi connectivity index (χ0v) is 10.1. The molecule has 0 radical (unpaired) electrons. The highest BCUT2D eigenvalue weighted by Gasteiger charge is 2.20. The molecule has 0 aromatic heterocycles. The lowest BCUT2D eigenvalue weighted by molar-refractivity contribution is 0.322. The van der Waals surface area contributed by atoms with Gasteiger partial charge in [0.05, 0.1) is 23.0 Å². The molecule has 1 fully saturated rings. The topological polar surface area (TPSA) is 65.1 Å². The summed E-state index contributed by atoms with van der Waals surface area (Å²) < 4.78 is 0. The van der Waals surface area contributed by atoms with Gasteiger partial charge in [-0.15, -0.1) is 0 Å². The van der Waals surface area contributed by atoms with Crippen molar-refractivity contribution in [2.24, 2.45) is 0 Å². The summed E-state index contributed by atoms with van der Waals surface area (Å²) in [5.74, 6) is 0. The molecular formula is C13H18N4. The molecule has 1 aromatic carbocycles. The van der Waals surface area contributed by atoms with Crippen LogP contribution in [0.15, 0.2) is 18.2 Å². The van der Waals surface area contributed by atoms with Gasteiger partial charge in [-0.3, -0.25) is 0 Å². The molecule has 90 valence electrons. The zero-order valence-electron chi connectivity index (χ0n) is 10.1. The standard InChI is InChI=1S/C13H18N4/c1-17-6-2-3-11(17)9-16-13-7-10(8-14)4-5-12(13)15/h4-5,7,11,16H,2-3,6,9,15H2,1H3. The van der Waals surface area contributed by atoms with Gasteiger partial charge >= 0.3 is 0 Å². The molecule has 3 N–H and O–H groups in total. The van der Waals surface area contributed by atoms with E-state index in [0.29, 0.717) is 17.3 Å². The normalized spacial score (nSPS) is 20.1. The van der Waals surface area contributed by atoms with Crippen molar-refractivity contribution in [1.29, 1.82) is 5.26 Å². The number of hydrogen-bond donors (Lipinski definition) is 2. The van der Waals surface area contributed by atoms with Gasteiger partial charge in [-0.1, -0.05) is 0 Å². The Hall–Kier alpha value is -1.73. The lowest BCUT2D eigenvalue weighted by Crippen LogP contribution is -2.31. The molecule has 17 heavy (non-hydrogen) atoms. The number of nitrogens with zero attached hydrogens (tertiary/aromatic N) is 2. The zero-order chi connectivity index (χ0) is 12.3. The minimum Gasteiger partial charge on any atom is -0.397 e. The van der Waals surface area contributed by atoms with Crippen LogP contribution in [-0.4, -0.2) is 31.1 Å². The molecule has 0 amide bonds. The summed E-state index contributed by atoms with van der Waals surface area (Å²) in [5, 5.41) is 12.2. The van der Waals surface area contributed by atoms with E-state index in [1.54, 1.807) is 12.1 Å². The van der Waals surface area contributed by atoms with Crippen molar-refractivity contribution >= 4 is 11.4 Å². The molecule has 1 unspecified atom stereocenters. The number of likely N-dealkylation sites (N-methyl/N-ethyl adjacent to an activating group) is 1. The van der Waals surface area contributed by atoms with E-state index in [9.17, 15) is 0 Å². The largest absolute Gasteiger partial charge is 0.397 e. The van der Waals surface area contributed by atoms with E-state index < -0.39 is 0 Å². The molecule has 1 saturated heterocycles. The van der Waals surface area contributed by atoms with Gasteiger partial charge in [0, 0.05) is 12.6 Å². The predicted octanol–water partition coefficient (Wildman–Crippen LogP) is 1.65. The van der Waals surface area contributed by atoms with E-state index in [-0.39, 0.29) is 0 Å². The quantitative estimate of drug-likeness (QED) is 0.775. The van der Waals surface area contributed by atoms with E-state index in [2.05, 4.69) is 23.3 Å². The number of nitrogen functional groups attached to an aromatic ring is 1. The van der Waals surface area contributed by atoms with Crippen LogP contribution in [-0.2, 0) is 0 Å². The monoisotopic (exact) mass is 230 g/mol. The second kappa shape index (κ2) is 5.07. The summed E-state index contributed by atoms with van der Waals surface area (Å²) in [7, 11) is 2.15. The number of hydrogen-bond acceptors (Lipinski definition) is 4. The number of rotatable bonds is 3. The molecular weight excluding hydrogens is 212 g/mol. The van der Waals surface area contributed by atoms with Gasteiger partial charge in [-0.2, -0.15) is 5.26 Å². The summed E-state index contributed by atoms with van der Waals surface area (Å²) in [6.07, 6.45) is 2.48. The number of anilines is 2. The fraction of sp³-hybridized carbons (Fsp3) is 0.462. The average molecular weight is 230 g/mol. The van der Waals surface area contributed by atoms with Crippen LogP contribution < -0.4 is 11.1 Å². The van der Waals surface area contributed by atoms with Crippen molar-refractivity contribution in [2.45, 2.75) is 18.9 Å². The van der Waals surface area contributed by atoms with Gasteiger partial charge in [-0.05, 0) is 44.6 Å². The predicted molar refractivity (Wildman–Crippen MR) is 69.7 cm³/mol. The van der Waals surface area contributed by atoms with Gasteiger partial charge in [0.15, 0.2) is 0 Å². The van der Waals surface area contributed by atoms with E-state index >= 15 is 0 Å². The van der Waals surface area contributed by atoms with Crippen LogP contribution in [0, 0.1) is 11.3 Å². The number of benzene rings is 1. The van der Waals surface area contributed by atoms with Crippen LogP contribution in [0.5, 0.6) is 0 Å². The highest BCUT2D eigenvalue weighted by atomic mass is 15.2. The maximum atomic E-state index is 8.85. The molecule has 1 aliphatic heterocycles. The van der Waals surface area contributed by atoms with Gasteiger partial charge in [0.25, 0.3) is 0 Å². The van der Waals surface area contributed by atoms with Crippen LogP contribution in [0.1, 0.15) is 18.4 Å². The Morgan fingerprint density at radius 3 is 3.06 bits per heavy atom. The van der Waals surface area contributed by atoms with E-state index in [4.69, 9.17) is 11.0 Å². The number of likely N-dealkylation sites (tertiary alicyclic amines) is 1. The Morgan fingerprint density at radius 1 is 1.59 bits per heavy atom. The maximum Gasteiger partial charge on any atom is 0.0992 e. The number of nitriles is 1. The molecule has 1 aliphatic rings. The highest BCUT2D eigenvalue weighted by Crippen LogP contribution is 2.21. The Bertz CT molecular complexity index is 436. The first-order valence-electron chi connectivity index (χ1n) is 5.94. The van der Waals surface area contributed by atoms with Crippen molar-refractivity contribution in [3.05, 3.63) is 23.8 Å². The van der Waals surface area contributed by atoms with Crippen molar-refractivity contribution in [1.82, 2.24) is 4.90 Å². The molecule has 4 heteroatoms. The molecule has 1 heterocycles. The third-order valence-corrected chi connectivity index (χ3v) is 3.38. The molecule has 2 rings (SSSR count). The van der Waals surface area contributed by atoms with E-state index in [1.807, 2.05) is 6.07 Å². The lowest BCUT2D eigenvalue weighted by atomic mass is 10.1. The SMILES string of the molecule is CN1CCCC1CNc1cc(C#N)ccc1N. The summed E-state index contributed by atoms with van der Waals surface area (Å²) in [6, 6.07) is 8.02. The fourth-order valence-electron chi connectivity index (χ4n) is 2.24. The lowest BCUT2D eigenvalue weighted by Gasteiger charge is -2.20. The molecule has 0 saturated carbocycles. The van der Waals surface area contributed by atoms with Crippen LogP contribution in [0.2, 0.25) is 0 Å². The van der Waals surface area contributed by atoms with E-state index in [1.165, 1.54) is 19.4 Å². The van der Waals surface area contributed by atoms with Crippen LogP contribution in [0.3, 0.4) is 0 Å². The Balaban J connectivity index is 2.01. The summed E-state index contributed by atoms with van der Waals surface area (Å²) in [4.78, 5) is 2.36. The first kappa shape index (κ1) is 11.7. The van der Waals surface area contributed by atoms with E-state index in [0.717, 1.165) is 12.2 Å². The first-order chi connectivity index (χ1) is 8.20. The Morgan fingerprint density at radius 2 is 2.41 bits per heavy atom. The van der Waals surface area contributed by atoms with Crippen LogP contribution in [0.4, 0.5) is 11.4 Å². The first-order valence-corrected chi connectivity index (χ1v) is 5.94. The number of nitrogens with one attached hydrogen (secondary N) is 1. The van der Waals surface area contributed by atoms with Crippen LogP contribution >= 0.6 is 0 Å². The second-order valence-electron chi connectivity index (χ2n) is 4.57. The number of nitrogens with two attached hydrogens (primary N) is 1. The fourth-order valence-corrected chi connectivity index (χ4v) is 2.24. The van der Waals surface area contributed by atoms with Crippen molar-refractivity contribution < 1.29 is 0 Å². The van der Waals surface area contributed by atoms with Crippen LogP contribution in [0.25, 0.3) is 0 Å². The molecule has 1 atom stereocenters. The second-order valence-corrected chi connectivity index (χ2v) is 4.57. The van der Waals surface area contributed by atoms with Crippen molar-refractivity contribution in [2.75, 3.05) is 31.2 Å². The summed E-state index contributed by atoms with van der Waals surface area (Å²) in [5.41, 5.74) is 8.08. The summed E-state index contributed by atoms with van der Waals surface area (Å²) >= 11 is 0. The smallest absolute Gasteiger partial charge is 0.0992 e. The third-order valence-electron chi connectivity index (χ3n) is 3.38. The van der Waals surface area contributed by atoms with Gasteiger partial charge < -0.3 is 16.0 Å². The highest BCUT2D eigenvalue weighted by molar-refractivity contribution is 5.68. The maximum absolute atomic E-state index is 8.85. The summed E-state index contributed by atoms with van der Waals surface area (Å²) in [6.45, 7) is 2.05. The molecule has 1 aromatic rings. The van der Waals surface area contributed by atoms with Gasteiger partial charge in [0.1, 0.15) is 0 Å². The molecule has 0 bridgehead atoms. The minimum atomic E-state index is 0.570.